The normalized spacial score (nSPS) is 10.7. The largest absolute Gasteiger partial charge is 0.394 e. The lowest BCUT2D eigenvalue weighted by molar-refractivity contribution is 0.611. The molecule has 0 spiro atoms. The molecule has 0 saturated carbocycles. The summed E-state index contributed by atoms with van der Waals surface area (Å²) in [5.74, 6) is -0.211. The number of nitrogens with two attached hydrogens (primary N) is 1. The van der Waals surface area contributed by atoms with Crippen LogP contribution < -0.4 is 11.3 Å². The van der Waals surface area contributed by atoms with Crippen LogP contribution in [0.25, 0.3) is 5.82 Å². The highest BCUT2D eigenvalue weighted by Crippen LogP contribution is 2.08. The van der Waals surface area contributed by atoms with Crippen molar-refractivity contribution in [3.8, 4) is 5.82 Å². The van der Waals surface area contributed by atoms with E-state index < -0.39 is 11.4 Å². The van der Waals surface area contributed by atoms with Crippen molar-refractivity contribution in [2.75, 3.05) is 5.73 Å². The second-order valence-corrected chi connectivity index (χ2v) is 3.56. The smallest absolute Gasteiger partial charge is 0.279 e. The minimum atomic E-state index is -0.569. The topological polar surface area (TPSA) is 65.8 Å². The Hall–Kier alpha value is -2.11. The molecule has 0 aliphatic rings. The highest BCUT2D eigenvalue weighted by atomic mass is 19.1. The van der Waals surface area contributed by atoms with Crippen LogP contribution in [0.1, 0.15) is 5.69 Å². The van der Waals surface area contributed by atoms with Crippen molar-refractivity contribution in [1.82, 2.24) is 14.3 Å². The molecule has 84 valence electrons. The summed E-state index contributed by atoms with van der Waals surface area (Å²) in [7, 11) is 1.74. The van der Waals surface area contributed by atoms with Crippen LogP contribution >= 0.6 is 0 Å². The molecular weight excluding hydrogens is 211 g/mol. The van der Waals surface area contributed by atoms with Gasteiger partial charge in [-0.2, -0.15) is 5.10 Å². The van der Waals surface area contributed by atoms with E-state index in [1.165, 1.54) is 0 Å². The third kappa shape index (κ3) is 1.58. The van der Waals surface area contributed by atoms with Crippen molar-refractivity contribution in [3.63, 3.8) is 0 Å². The van der Waals surface area contributed by atoms with Crippen molar-refractivity contribution in [2.45, 2.75) is 6.92 Å². The summed E-state index contributed by atoms with van der Waals surface area (Å²) < 4.78 is 15.8. The fraction of sp³-hybridized carbons (Fsp3) is 0.200. The average molecular weight is 222 g/mol. The molecule has 0 unspecified atom stereocenters. The van der Waals surface area contributed by atoms with Gasteiger partial charge in [0.1, 0.15) is 11.5 Å². The first-order valence-electron chi connectivity index (χ1n) is 4.67. The second kappa shape index (κ2) is 3.48. The summed E-state index contributed by atoms with van der Waals surface area (Å²) in [4.78, 5) is 11.7. The molecule has 2 rings (SSSR count). The molecular formula is C10H11FN4O. The Balaban J connectivity index is 2.69. The van der Waals surface area contributed by atoms with Gasteiger partial charge in [-0.15, -0.1) is 0 Å². The van der Waals surface area contributed by atoms with Gasteiger partial charge >= 0.3 is 0 Å². The Labute approximate surface area is 90.9 Å². The molecule has 0 saturated heterocycles. The Bertz CT molecular complexity index is 580. The van der Waals surface area contributed by atoms with Gasteiger partial charge in [0.2, 0.25) is 0 Å². The molecule has 2 N–H and O–H groups in total. The Kier molecular flexibility index (Phi) is 2.26. The molecule has 5 nitrogen and oxygen atoms in total. The number of aryl methyl sites for hydroxylation is 2. The summed E-state index contributed by atoms with van der Waals surface area (Å²) >= 11 is 0. The van der Waals surface area contributed by atoms with E-state index in [0.717, 1.165) is 22.5 Å². The van der Waals surface area contributed by atoms with Gasteiger partial charge < -0.3 is 5.73 Å². The third-order valence-corrected chi connectivity index (χ3v) is 2.36. The first-order chi connectivity index (χ1) is 7.49. The molecule has 2 heterocycles. The van der Waals surface area contributed by atoms with E-state index in [-0.39, 0.29) is 5.69 Å². The summed E-state index contributed by atoms with van der Waals surface area (Å²) in [5, 5.41) is 4.08. The van der Waals surface area contributed by atoms with Gasteiger partial charge in [-0.25, -0.2) is 4.39 Å². The zero-order valence-corrected chi connectivity index (χ0v) is 8.94. The number of aromatic nitrogens is 3. The third-order valence-electron chi connectivity index (χ3n) is 2.36. The maximum atomic E-state index is 13.1. The van der Waals surface area contributed by atoms with Crippen LogP contribution in [0.2, 0.25) is 0 Å². The molecule has 2 aromatic heterocycles. The number of nitrogen functional groups attached to an aromatic ring is 1. The Morgan fingerprint density at radius 1 is 1.44 bits per heavy atom. The molecule has 0 aromatic carbocycles. The molecule has 0 amide bonds. The molecule has 2 aromatic rings. The fourth-order valence-corrected chi connectivity index (χ4v) is 1.40. The minimum Gasteiger partial charge on any atom is -0.394 e. The number of anilines is 1. The van der Waals surface area contributed by atoms with E-state index in [9.17, 15) is 9.18 Å². The predicted molar refractivity (Wildman–Crippen MR) is 57.9 cm³/mol. The summed E-state index contributed by atoms with van der Waals surface area (Å²) in [6.45, 7) is 1.84. The van der Waals surface area contributed by atoms with Crippen LogP contribution in [0.15, 0.2) is 23.1 Å². The number of halogens is 1. The van der Waals surface area contributed by atoms with Crippen molar-refractivity contribution >= 4 is 5.69 Å². The first kappa shape index (κ1) is 10.4. The van der Waals surface area contributed by atoms with Gasteiger partial charge in [-0.1, -0.05) is 0 Å². The highest BCUT2D eigenvalue weighted by molar-refractivity contribution is 5.38. The van der Waals surface area contributed by atoms with E-state index in [2.05, 4.69) is 5.10 Å². The number of nitrogens with zero attached hydrogens (tertiary/aromatic N) is 3. The highest BCUT2D eigenvalue weighted by Gasteiger charge is 2.09. The van der Waals surface area contributed by atoms with E-state index in [1.54, 1.807) is 17.8 Å². The van der Waals surface area contributed by atoms with E-state index >= 15 is 0 Å². The van der Waals surface area contributed by atoms with E-state index in [0.29, 0.717) is 5.82 Å². The zero-order valence-electron chi connectivity index (χ0n) is 8.94. The molecule has 0 aliphatic heterocycles. The number of rotatable bonds is 1. The minimum absolute atomic E-state index is 0.136. The van der Waals surface area contributed by atoms with Crippen LogP contribution in [0.4, 0.5) is 10.1 Å². The van der Waals surface area contributed by atoms with Crippen molar-refractivity contribution in [2.24, 2.45) is 7.05 Å². The molecule has 0 radical (unpaired) electrons. The van der Waals surface area contributed by atoms with Crippen LogP contribution in [-0.4, -0.2) is 14.3 Å². The molecule has 0 fully saturated rings. The fourth-order valence-electron chi connectivity index (χ4n) is 1.40. The lowest BCUT2D eigenvalue weighted by Crippen LogP contribution is -2.22. The number of pyridine rings is 1. The summed E-state index contributed by atoms with van der Waals surface area (Å²) in [5.41, 5.74) is 5.65. The van der Waals surface area contributed by atoms with Gasteiger partial charge in [0, 0.05) is 24.9 Å². The zero-order chi connectivity index (χ0) is 11.9. The molecule has 0 atom stereocenters. The standard InChI is InChI=1S/C10H11FN4O/c1-6-3-9(13-14(6)2)15-5-7(11)4-8(12)10(15)16/h3-5H,12H2,1-2H3. The van der Waals surface area contributed by atoms with Crippen LogP contribution in [-0.2, 0) is 7.05 Å². The van der Waals surface area contributed by atoms with Crippen molar-refractivity contribution < 1.29 is 4.39 Å². The molecule has 16 heavy (non-hydrogen) atoms. The lowest BCUT2D eigenvalue weighted by Gasteiger charge is -2.02. The maximum absolute atomic E-state index is 13.1. The molecule has 0 aliphatic carbocycles. The van der Waals surface area contributed by atoms with Crippen molar-refractivity contribution in [3.05, 3.63) is 40.2 Å². The van der Waals surface area contributed by atoms with E-state index in [4.69, 9.17) is 5.73 Å². The number of hydrogen-bond donors (Lipinski definition) is 1. The average Bonchev–Trinajstić information content (AvgIpc) is 2.53. The lowest BCUT2D eigenvalue weighted by atomic mass is 10.4. The second-order valence-electron chi connectivity index (χ2n) is 3.56. The van der Waals surface area contributed by atoms with Gasteiger partial charge in [0.25, 0.3) is 5.56 Å². The Morgan fingerprint density at radius 3 is 2.69 bits per heavy atom. The van der Waals surface area contributed by atoms with Crippen LogP contribution in [0, 0.1) is 12.7 Å². The van der Waals surface area contributed by atoms with Gasteiger partial charge in [0.05, 0.1) is 6.20 Å². The molecule has 0 bridgehead atoms. The van der Waals surface area contributed by atoms with Gasteiger partial charge in [0.15, 0.2) is 5.82 Å². The SMILES string of the molecule is Cc1cc(-n2cc(F)cc(N)c2=O)nn1C. The van der Waals surface area contributed by atoms with Gasteiger partial charge in [-0.3, -0.25) is 14.0 Å². The van der Waals surface area contributed by atoms with Crippen LogP contribution in [0.5, 0.6) is 0 Å². The monoisotopic (exact) mass is 222 g/mol. The predicted octanol–water partition coefficient (Wildman–Crippen LogP) is 0.601. The van der Waals surface area contributed by atoms with E-state index in [1.807, 2.05) is 6.92 Å². The van der Waals surface area contributed by atoms with Crippen LogP contribution in [0.3, 0.4) is 0 Å². The first-order valence-corrected chi connectivity index (χ1v) is 4.67. The van der Waals surface area contributed by atoms with Gasteiger partial charge in [-0.05, 0) is 6.92 Å². The maximum Gasteiger partial charge on any atom is 0.279 e. The summed E-state index contributed by atoms with van der Waals surface area (Å²) in [6, 6.07) is 2.68. The Morgan fingerprint density at radius 2 is 2.12 bits per heavy atom. The summed E-state index contributed by atoms with van der Waals surface area (Å²) in [6.07, 6.45) is 1.07. The number of hydrogen-bond acceptors (Lipinski definition) is 3. The van der Waals surface area contributed by atoms with Crippen molar-refractivity contribution in [1.29, 1.82) is 0 Å². The molecule has 6 heteroatoms. The quantitative estimate of drug-likeness (QED) is 0.768.